The number of rotatable bonds is 0. The minimum absolute atomic E-state index is 0.569. The molecule has 1 heteroatoms. The average molecular weight is 124 g/mol. The molecular formula is C8H12O. The van der Waals surface area contributed by atoms with E-state index in [0.29, 0.717) is 6.10 Å². The molecule has 1 saturated heterocycles. The van der Waals surface area contributed by atoms with Gasteiger partial charge < -0.3 is 4.74 Å². The summed E-state index contributed by atoms with van der Waals surface area (Å²) in [5.41, 5.74) is 1.52. The van der Waals surface area contributed by atoms with Crippen molar-refractivity contribution in [2.24, 2.45) is 5.92 Å². The van der Waals surface area contributed by atoms with Crippen LogP contribution in [0, 0.1) is 5.92 Å². The zero-order valence-electron chi connectivity index (χ0n) is 5.76. The van der Waals surface area contributed by atoms with Crippen LogP contribution in [0.5, 0.6) is 0 Å². The highest BCUT2D eigenvalue weighted by atomic mass is 16.5. The Morgan fingerprint density at radius 2 is 2.56 bits per heavy atom. The molecule has 0 aromatic rings. The van der Waals surface area contributed by atoms with Crippen LogP contribution >= 0.6 is 0 Å². The van der Waals surface area contributed by atoms with Gasteiger partial charge in [-0.05, 0) is 19.8 Å². The van der Waals surface area contributed by atoms with E-state index in [4.69, 9.17) is 4.74 Å². The van der Waals surface area contributed by atoms with Gasteiger partial charge in [0.25, 0.3) is 0 Å². The van der Waals surface area contributed by atoms with Gasteiger partial charge in [0.2, 0.25) is 0 Å². The van der Waals surface area contributed by atoms with Gasteiger partial charge in [0.15, 0.2) is 0 Å². The van der Waals surface area contributed by atoms with Crippen molar-refractivity contribution in [2.45, 2.75) is 25.9 Å². The second kappa shape index (κ2) is 1.84. The molecule has 0 aromatic carbocycles. The van der Waals surface area contributed by atoms with Crippen molar-refractivity contribution in [1.82, 2.24) is 0 Å². The van der Waals surface area contributed by atoms with E-state index in [1.807, 2.05) is 0 Å². The molecule has 0 spiro atoms. The van der Waals surface area contributed by atoms with E-state index in [1.54, 1.807) is 0 Å². The van der Waals surface area contributed by atoms with Gasteiger partial charge in [-0.15, -0.1) is 0 Å². The zero-order valence-corrected chi connectivity index (χ0v) is 5.76. The molecule has 1 aliphatic heterocycles. The van der Waals surface area contributed by atoms with Crippen molar-refractivity contribution in [3.05, 3.63) is 11.6 Å². The van der Waals surface area contributed by atoms with E-state index < -0.39 is 0 Å². The summed E-state index contributed by atoms with van der Waals surface area (Å²) in [7, 11) is 0. The Kier molecular flexibility index (Phi) is 1.12. The summed E-state index contributed by atoms with van der Waals surface area (Å²) >= 11 is 0. The molecular weight excluding hydrogens is 112 g/mol. The summed E-state index contributed by atoms with van der Waals surface area (Å²) in [4.78, 5) is 0. The Labute approximate surface area is 55.7 Å². The number of hydrogen-bond acceptors (Lipinski definition) is 1. The van der Waals surface area contributed by atoms with Crippen molar-refractivity contribution in [2.75, 3.05) is 6.61 Å². The topological polar surface area (TPSA) is 9.23 Å². The third-order valence-corrected chi connectivity index (χ3v) is 2.18. The lowest BCUT2D eigenvalue weighted by atomic mass is 9.93. The maximum absolute atomic E-state index is 5.50. The van der Waals surface area contributed by atoms with Crippen LogP contribution in [0.4, 0.5) is 0 Å². The first kappa shape index (κ1) is 5.48. The molecule has 50 valence electrons. The van der Waals surface area contributed by atoms with Crippen molar-refractivity contribution >= 4 is 0 Å². The Morgan fingerprint density at radius 1 is 1.67 bits per heavy atom. The van der Waals surface area contributed by atoms with Gasteiger partial charge in [0.1, 0.15) is 0 Å². The third kappa shape index (κ3) is 0.897. The van der Waals surface area contributed by atoms with Crippen LogP contribution in [0.2, 0.25) is 0 Å². The first-order valence-electron chi connectivity index (χ1n) is 3.63. The molecule has 1 heterocycles. The van der Waals surface area contributed by atoms with Crippen molar-refractivity contribution in [3.63, 3.8) is 0 Å². The summed E-state index contributed by atoms with van der Waals surface area (Å²) in [5.74, 6) is 0.753. The van der Waals surface area contributed by atoms with E-state index in [-0.39, 0.29) is 0 Å². The molecule has 0 radical (unpaired) electrons. The predicted octanol–water partition coefficient (Wildman–Crippen LogP) is 1.74. The van der Waals surface area contributed by atoms with Gasteiger partial charge in [-0.2, -0.15) is 0 Å². The number of fused-ring (bicyclic) bond motifs is 2. The molecule has 0 saturated carbocycles. The maximum Gasteiger partial charge on any atom is 0.0618 e. The quantitative estimate of drug-likeness (QED) is 0.447. The lowest BCUT2D eigenvalue weighted by Gasteiger charge is -2.13. The van der Waals surface area contributed by atoms with Crippen LogP contribution < -0.4 is 0 Å². The fourth-order valence-electron chi connectivity index (χ4n) is 1.82. The van der Waals surface area contributed by atoms with Crippen LogP contribution in [-0.2, 0) is 4.74 Å². The van der Waals surface area contributed by atoms with Gasteiger partial charge in [-0.1, -0.05) is 11.6 Å². The van der Waals surface area contributed by atoms with Crippen molar-refractivity contribution in [3.8, 4) is 0 Å². The molecule has 9 heavy (non-hydrogen) atoms. The van der Waals surface area contributed by atoms with Crippen molar-refractivity contribution < 1.29 is 4.74 Å². The molecule has 1 aliphatic carbocycles. The average Bonchev–Trinajstić information content (AvgIpc) is 2.11. The highest BCUT2D eigenvalue weighted by Crippen LogP contribution is 2.31. The largest absolute Gasteiger partial charge is 0.377 e. The van der Waals surface area contributed by atoms with Gasteiger partial charge in [-0.3, -0.25) is 0 Å². The maximum atomic E-state index is 5.50. The lowest BCUT2D eigenvalue weighted by Crippen LogP contribution is -2.08. The summed E-state index contributed by atoms with van der Waals surface area (Å²) in [6.45, 7) is 3.18. The van der Waals surface area contributed by atoms with E-state index in [9.17, 15) is 0 Å². The fraction of sp³-hybridized carbons (Fsp3) is 0.750. The summed E-state index contributed by atoms with van der Waals surface area (Å²) in [6.07, 6.45) is 5.39. The Bertz CT molecular complexity index is 149. The Morgan fingerprint density at radius 3 is 3.33 bits per heavy atom. The lowest BCUT2D eigenvalue weighted by molar-refractivity contribution is 0.111. The second-order valence-corrected chi connectivity index (χ2v) is 3.17. The first-order chi connectivity index (χ1) is 4.34. The minimum atomic E-state index is 0.569. The van der Waals surface area contributed by atoms with Crippen LogP contribution in [0.15, 0.2) is 11.6 Å². The zero-order chi connectivity index (χ0) is 6.27. The molecule has 2 atom stereocenters. The Hall–Kier alpha value is -0.300. The molecule has 2 rings (SSSR count). The normalized spacial score (nSPS) is 40.8. The molecule has 2 aliphatic rings. The molecule has 0 N–H and O–H groups in total. The van der Waals surface area contributed by atoms with Crippen molar-refractivity contribution in [1.29, 1.82) is 0 Å². The Balaban J connectivity index is 2.19. The first-order valence-corrected chi connectivity index (χ1v) is 3.63. The number of hydrogen-bond donors (Lipinski definition) is 0. The monoisotopic (exact) mass is 124 g/mol. The highest BCUT2D eigenvalue weighted by molar-refractivity contribution is 5.09. The molecule has 1 fully saturated rings. The van der Waals surface area contributed by atoms with E-state index in [0.717, 1.165) is 12.5 Å². The standard InChI is InChI=1S/C8H12O/c1-6-2-7-4-8(3-6)9-5-7/h2,7-8H,3-5H2,1H3/t7-,8?/m0/s1. The van der Waals surface area contributed by atoms with Gasteiger partial charge in [0, 0.05) is 5.92 Å². The summed E-state index contributed by atoms with van der Waals surface area (Å²) < 4.78 is 5.50. The van der Waals surface area contributed by atoms with Crippen LogP contribution in [-0.4, -0.2) is 12.7 Å². The van der Waals surface area contributed by atoms with E-state index in [1.165, 1.54) is 18.4 Å². The van der Waals surface area contributed by atoms with Crippen LogP contribution in [0.1, 0.15) is 19.8 Å². The fourth-order valence-corrected chi connectivity index (χ4v) is 1.82. The molecule has 1 unspecified atom stereocenters. The summed E-state index contributed by atoms with van der Waals surface area (Å²) in [5, 5.41) is 0. The number of ether oxygens (including phenoxy) is 1. The van der Waals surface area contributed by atoms with Crippen LogP contribution in [0.3, 0.4) is 0 Å². The molecule has 0 amide bonds. The SMILES string of the molecule is CC1=C[C@@H]2COC(C1)C2. The third-order valence-electron chi connectivity index (χ3n) is 2.18. The highest BCUT2D eigenvalue weighted by Gasteiger charge is 2.27. The smallest absolute Gasteiger partial charge is 0.0618 e. The predicted molar refractivity (Wildman–Crippen MR) is 36.2 cm³/mol. The molecule has 1 nitrogen and oxygen atoms in total. The van der Waals surface area contributed by atoms with Crippen LogP contribution in [0.25, 0.3) is 0 Å². The second-order valence-electron chi connectivity index (χ2n) is 3.17. The van der Waals surface area contributed by atoms with Gasteiger partial charge in [-0.25, -0.2) is 0 Å². The molecule has 0 aromatic heterocycles. The molecule has 2 bridgehead atoms. The van der Waals surface area contributed by atoms with Gasteiger partial charge in [0.05, 0.1) is 12.7 Å². The minimum Gasteiger partial charge on any atom is -0.377 e. The van der Waals surface area contributed by atoms with E-state index in [2.05, 4.69) is 13.0 Å². The van der Waals surface area contributed by atoms with E-state index >= 15 is 0 Å². The summed E-state index contributed by atoms with van der Waals surface area (Å²) in [6, 6.07) is 0. The van der Waals surface area contributed by atoms with Gasteiger partial charge >= 0.3 is 0 Å².